The zero-order chi connectivity index (χ0) is 22.3. The van der Waals surface area contributed by atoms with Gasteiger partial charge in [-0.15, -0.1) is 0 Å². The number of alkyl halides is 3. The molecular formula is C23H19Cl2F3N2O. The minimum absolute atomic E-state index is 0.221. The van der Waals surface area contributed by atoms with E-state index < -0.39 is 18.1 Å². The fourth-order valence-electron chi connectivity index (χ4n) is 4.34. The third kappa shape index (κ3) is 4.51. The van der Waals surface area contributed by atoms with Crippen LogP contribution in [-0.4, -0.2) is 22.8 Å². The van der Waals surface area contributed by atoms with Gasteiger partial charge in [0.25, 0.3) is 0 Å². The maximum Gasteiger partial charge on any atom is 0.473 e. The van der Waals surface area contributed by atoms with Crippen LogP contribution in [0.1, 0.15) is 36.9 Å². The lowest BCUT2D eigenvalue weighted by atomic mass is 9.73. The monoisotopic (exact) mass is 466 g/mol. The molecule has 1 amide bonds. The van der Waals surface area contributed by atoms with Crippen molar-refractivity contribution in [2.45, 2.75) is 32.0 Å². The first kappa shape index (κ1) is 21.9. The van der Waals surface area contributed by atoms with E-state index in [4.69, 9.17) is 23.2 Å². The maximum absolute atomic E-state index is 13.4. The summed E-state index contributed by atoms with van der Waals surface area (Å²) in [6.07, 6.45) is -1.81. The van der Waals surface area contributed by atoms with Gasteiger partial charge in [-0.3, -0.25) is 4.79 Å². The Kier molecular flexibility index (Phi) is 5.88. The van der Waals surface area contributed by atoms with Gasteiger partial charge < -0.3 is 0 Å². The topological polar surface area (TPSA) is 32.7 Å². The number of amides is 1. The van der Waals surface area contributed by atoms with Crippen LogP contribution in [0.5, 0.6) is 0 Å². The lowest BCUT2D eigenvalue weighted by Crippen LogP contribution is -2.40. The number of allylic oxidation sites excluding steroid dienone is 1. The summed E-state index contributed by atoms with van der Waals surface area (Å²) in [5, 5.41) is 5.91. The second kappa shape index (κ2) is 8.32. The molecular weight excluding hydrogens is 448 g/mol. The highest BCUT2D eigenvalue weighted by atomic mass is 35.5. The Balaban J connectivity index is 1.80. The predicted molar refractivity (Wildman–Crippen MR) is 116 cm³/mol. The van der Waals surface area contributed by atoms with E-state index in [0.717, 1.165) is 11.1 Å². The molecule has 2 aromatic carbocycles. The molecule has 3 atom stereocenters. The van der Waals surface area contributed by atoms with Crippen LogP contribution in [0.3, 0.4) is 0 Å². The molecule has 1 fully saturated rings. The average Bonchev–Trinajstić information content (AvgIpc) is 3.08. The summed E-state index contributed by atoms with van der Waals surface area (Å²) in [5.41, 5.74) is 2.82. The van der Waals surface area contributed by atoms with Gasteiger partial charge >= 0.3 is 12.1 Å². The number of carbonyl (C=O) groups is 1. The number of hydrazone groups is 1. The van der Waals surface area contributed by atoms with E-state index in [-0.39, 0.29) is 11.8 Å². The van der Waals surface area contributed by atoms with Crippen LogP contribution in [0.4, 0.5) is 13.2 Å². The molecule has 0 unspecified atom stereocenters. The highest BCUT2D eigenvalue weighted by molar-refractivity contribution is 6.30. The normalized spacial score (nSPS) is 24.8. The molecule has 1 aliphatic heterocycles. The van der Waals surface area contributed by atoms with Gasteiger partial charge in [-0.1, -0.05) is 54.4 Å². The zero-order valence-electron chi connectivity index (χ0n) is 16.5. The van der Waals surface area contributed by atoms with E-state index in [9.17, 15) is 18.0 Å². The van der Waals surface area contributed by atoms with Gasteiger partial charge in [-0.25, -0.2) is 5.01 Å². The predicted octanol–water partition coefficient (Wildman–Crippen LogP) is 6.92. The van der Waals surface area contributed by atoms with E-state index in [1.807, 2.05) is 18.2 Å². The molecule has 0 saturated heterocycles. The first-order valence-corrected chi connectivity index (χ1v) is 10.6. The molecule has 8 heteroatoms. The minimum Gasteiger partial charge on any atom is -0.262 e. The summed E-state index contributed by atoms with van der Waals surface area (Å²) in [6.45, 7) is 2.06. The molecule has 1 heterocycles. The number of nitrogens with zero attached hydrogens (tertiary/aromatic N) is 2. The molecule has 31 heavy (non-hydrogen) atoms. The number of hydrogen-bond acceptors (Lipinski definition) is 2. The Morgan fingerprint density at radius 3 is 2.23 bits per heavy atom. The van der Waals surface area contributed by atoms with Gasteiger partial charge in [0.15, 0.2) is 0 Å². The Bertz CT molecular complexity index is 1050. The summed E-state index contributed by atoms with van der Waals surface area (Å²) >= 11 is 11.9. The van der Waals surface area contributed by atoms with Crippen LogP contribution in [0.15, 0.2) is 59.2 Å². The van der Waals surface area contributed by atoms with Crippen LogP contribution in [0, 0.1) is 11.8 Å². The van der Waals surface area contributed by atoms with Gasteiger partial charge in [0.05, 0.1) is 11.8 Å². The van der Waals surface area contributed by atoms with Crippen molar-refractivity contribution in [2.75, 3.05) is 0 Å². The highest BCUT2D eigenvalue weighted by Gasteiger charge is 2.52. The van der Waals surface area contributed by atoms with E-state index in [2.05, 4.69) is 12.0 Å². The van der Waals surface area contributed by atoms with Crippen LogP contribution >= 0.6 is 23.2 Å². The third-order valence-corrected chi connectivity index (χ3v) is 6.14. The Labute approximate surface area is 188 Å². The second-order valence-corrected chi connectivity index (χ2v) is 8.87. The van der Waals surface area contributed by atoms with Crippen molar-refractivity contribution in [2.24, 2.45) is 16.9 Å². The van der Waals surface area contributed by atoms with Crippen molar-refractivity contribution in [3.63, 3.8) is 0 Å². The average molecular weight is 467 g/mol. The quantitative estimate of drug-likeness (QED) is 0.472. The van der Waals surface area contributed by atoms with Gasteiger partial charge in [0.1, 0.15) is 0 Å². The standard InChI is InChI=1S/C23H19Cl2F3N2O/c1-13-10-16(12-14-2-6-17(24)7-3-14)20-19(11-13)21(15-4-8-18(25)9-5-15)30(29-20)22(31)23(26,27)28/h2-9,12-13,19,21H,10-11H2,1H3/b16-12+/t13-,19-,21-/m1/s1. The fraction of sp³-hybridized carbons (Fsp3) is 0.304. The van der Waals surface area contributed by atoms with Crippen LogP contribution in [0.2, 0.25) is 10.0 Å². The van der Waals surface area contributed by atoms with Gasteiger partial charge in [-0.05, 0) is 65.8 Å². The number of fused-ring (bicyclic) bond motifs is 1. The third-order valence-electron chi connectivity index (χ3n) is 5.64. The fourth-order valence-corrected chi connectivity index (χ4v) is 4.59. The molecule has 3 nitrogen and oxygen atoms in total. The summed E-state index contributed by atoms with van der Waals surface area (Å²) in [5.74, 6) is -2.08. The molecule has 0 spiro atoms. The van der Waals surface area contributed by atoms with Crippen molar-refractivity contribution in [1.29, 1.82) is 0 Å². The van der Waals surface area contributed by atoms with Gasteiger partial charge in [0, 0.05) is 16.0 Å². The van der Waals surface area contributed by atoms with E-state index in [1.165, 1.54) is 0 Å². The summed E-state index contributed by atoms with van der Waals surface area (Å²) in [4.78, 5) is 12.3. The Hall–Kier alpha value is -2.31. The molecule has 0 aromatic heterocycles. The van der Waals surface area contributed by atoms with E-state index in [0.29, 0.717) is 39.2 Å². The number of carbonyl (C=O) groups excluding carboxylic acids is 1. The van der Waals surface area contributed by atoms with Crippen molar-refractivity contribution < 1.29 is 18.0 Å². The SMILES string of the molecule is C[C@@H]1C/C(=C\c2ccc(Cl)cc2)C2=NN(C(=O)C(F)(F)F)[C@H](c3ccc(Cl)cc3)[C@@H]2C1. The van der Waals surface area contributed by atoms with Gasteiger partial charge in [-0.2, -0.15) is 18.3 Å². The molecule has 1 saturated carbocycles. The largest absolute Gasteiger partial charge is 0.473 e. The molecule has 2 aromatic rings. The zero-order valence-corrected chi connectivity index (χ0v) is 18.0. The summed E-state index contributed by atoms with van der Waals surface area (Å²) in [7, 11) is 0. The van der Waals surface area contributed by atoms with E-state index in [1.54, 1.807) is 36.4 Å². The maximum atomic E-state index is 13.4. The first-order chi connectivity index (χ1) is 14.6. The van der Waals surface area contributed by atoms with E-state index >= 15 is 0 Å². The second-order valence-electron chi connectivity index (χ2n) is 8.00. The minimum atomic E-state index is -5.02. The van der Waals surface area contributed by atoms with Crippen LogP contribution in [-0.2, 0) is 4.79 Å². The molecule has 2 aliphatic rings. The van der Waals surface area contributed by atoms with Crippen LogP contribution < -0.4 is 0 Å². The summed E-state index contributed by atoms with van der Waals surface area (Å²) in [6, 6.07) is 12.9. The molecule has 1 aliphatic carbocycles. The number of benzene rings is 2. The van der Waals surface area contributed by atoms with Gasteiger partial charge in [0.2, 0.25) is 0 Å². The molecule has 0 bridgehead atoms. The van der Waals surface area contributed by atoms with Crippen molar-refractivity contribution in [3.8, 4) is 0 Å². The van der Waals surface area contributed by atoms with Crippen LogP contribution in [0.25, 0.3) is 6.08 Å². The van der Waals surface area contributed by atoms with Crippen molar-refractivity contribution in [3.05, 3.63) is 75.3 Å². The molecule has 0 N–H and O–H groups in total. The lowest BCUT2D eigenvalue weighted by molar-refractivity contribution is -0.188. The first-order valence-electron chi connectivity index (χ1n) is 9.84. The molecule has 0 radical (unpaired) electrons. The Morgan fingerprint density at radius 1 is 1.06 bits per heavy atom. The van der Waals surface area contributed by atoms with Crippen molar-refractivity contribution >= 4 is 40.9 Å². The smallest absolute Gasteiger partial charge is 0.262 e. The van der Waals surface area contributed by atoms with Crippen molar-refractivity contribution in [1.82, 2.24) is 5.01 Å². The lowest BCUT2D eigenvalue weighted by Gasteiger charge is -2.32. The number of rotatable bonds is 2. The molecule has 162 valence electrons. The number of halogens is 5. The number of hydrogen-bond donors (Lipinski definition) is 0. The summed E-state index contributed by atoms with van der Waals surface area (Å²) < 4.78 is 40.1. The highest BCUT2D eigenvalue weighted by Crippen LogP contribution is 2.47. The molecule has 4 rings (SSSR count). The Morgan fingerprint density at radius 2 is 1.65 bits per heavy atom.